The number of hydrogen-bond acceptors (Lipinski definition) is 3. The molecule has 0 radical (unpaired) electrons. The van der Waals surface area contributed by atoms with Gasteiger partial charge in [0.2, 0.25) is 0 Å². The molecule has 0 bridgehead atoms. The molecule has 2 heterocycles. The second-order valence-electron chi connectivity index (χ2n) is 4.63. The molecule has 1 aliphatic rings. The van der Waals surface area contributed by atoms with Crippen LogP contribution in [0.25, 0.3) is 0 Å². The van der Waals surface area contributed by atoms with E-state index in [0.717, 1.165) is 30.2 Å². The van der Waals surface area contributed by atoms with Crippen molar-refractivity contribution < 1.29 is 0 Å². The molecular weight excluding hydrogens is 283 g/mol. The number of halogens is 2. The van der Waals surface area contributed by atoms with Crippen molar-refractivity contribution in [3.63, 3.8) is 0 Å². The Bertz CT molecular complexity index is 594. The molecular formula is C13H14Cl2N4. The van der Waals surface area contributed by atoms with Gasteiger partial charge in [0, 0.05) is 29.6 Å². The third kappa shape index (κ3) is 2.76. The second kappa shape index (κ2) is 5.49. The summed E-state index contributed by atoms with van der Waals surface area (Å²) in [7, 11) is 0. The number of fused-ring (bicyclic) bond motifs is 1. The maximum atomic E-state index is 6.13. The van der Waals surface area contributed by atoms with Crippen molar-refractivity contribution in [2.75, 3.05) is 0 Å². The van der Waals surface area contributed by atoms with Crippen LogP contribution in [0.2, 0.25) is 10.0 Å². The highest BCUT2D eigenvalue weighted by Crippen LogP contribution is 2.21. The van der Waals surface area contributed by atoms with Crippen molar-refractivity contribution >= 4 is 23.2 Å². The first kappa shape index (κ1) is 12.9. The van der Waals surface area contributed by atoms with Crippen LogP contribution >= 0.6 is 23.2 Å². The average molecular weight is 297 g/mol. The fraction of sp³-hybridized carbons (Fsp3) is 0.385. The number of benzene rings is 1. The van der Waals surface area contributed by atoms with Gasteiger partial charge >= 0.3 is 0 Å². The zero-order valence-electron chi connectivity index (χ0n) is 10.4. The third-order valence-electron chi connectivity index (χ3n) is 3.30. The average Bonchev–Trinajstić information content (AvgIpc) is 2.96. The zero-order chi connectivity index (χ0) is 13.2. The molecule has 1 N–H and O–H groups in total. The summed E-state index contributed by atoms with van der Waals surface area (Å²) in [5, 5.41) is 13.1. The molecule has 4 nitrogen and oxygen atoms in total. The Morgan fingerprint density at radius 3 is 2.95 bits per heavy atom. The highest BCUT2D eigenvalue weighted by Gasteiger charge is 2.16. The molecule has 1 aliphatic heterocycles. The number of rotatable bonds is 4. The second-order valence-corrected chi connectivity index (χ2v) is 5.47. The van der Waals surface area contributed by atoms with E-state index in [1.165, 1.54) is 6.42 Å². The monoisotopic (exact) mass is 296 g/mol. The molecule has 100 valence electrons. The summed E-state index contributed by atoms with van der Waals surface area (Å²) in [6.45, 7) is 2.42. The van der Waals surface area contributed by atoms with Gasteiger partial charge in [-0.2, -0.15) is 0 Å². The topological polar surface area (TPSA) is 42.7 Å². The van der Waals surface area contributed by atoms with E-state index in [2.05, 4.69) is 20.1 Å². The fourth-order valence-electron chi connectivity index (χ4n) is 2.32. The summed E-state index contributed by atoms with van der Waals surface area (Å²) in [4.78, 5) is 0. The standard InChI is InChI=1S/C13H14Cl2N4/c14-10-4-3-9(11(15)6-10)7-16-8-13-18-17-12-2-1-5-19(12)13/h3-4,6,16H,1-2,5,7-8H2. The molecule has 0 saturated carbocycles. The molecule has 0 saturated heterocycles. The van der Waals surface area contributed by atoms with Crippen LogP contribution in [0.5, 0.6) is 0 Å². The Morgan fingerprint density at radius 2 is 2.11 bits per heavy atom. The lowest BCUT2D eigenvalue weighted by atomic mass is 10.2. The van der Waals surface area contributed by atoms with Crippen LogP contribution in [-0.2, 0) is 26.1 Å². The van der Waals surface area contributed by atoms with Crippen LogP contribution in [0.1, 0.15) is 23.6 Å². The maximum absolute atomic E-state index is 6.13. The minimum atomic E-state index is 0.657. The van der Waals surface area contributed by atoms with Crippen LogP contribution in [0.3, 0.4) is 0 Å². The van der Waals surface area contributed by atoms with Crippen molar-refractivity contribution in [1.29, 1.82) is 0 Å². The summed E-state index contributed by atoms with van der Waals surface area (Å²) in [6, 6.07) is 5.54. The number of aryl methyl sites for hydroxylation is 1. The highest BCUT2D eigenvalue weighted by atomic mass is 35.5. The van der Waals surface area contributed by atoms with E-state index < -0.39 is 0 Å². The first-order valence-corrected chi connectivity index (χ1v) is 7.05. The SMILES string of the molecule is Clc1ccc(CNCc2nnc3n2CCC3)c(Cl)c1. The van der Waals surface area contributed by atoms with Gasteiger partial charge in [0.05, 0.1) is 6.54 Å². The molecule has 0 spiro atoms. The largest absolute Gasteiger partial charge is 0.314 e. The molecule has 2 aromatic rings. The molecule has 19 heavy (non-hydrogen) atoms. The number of hydrogen-bond donors (Lipinski definition) is 1. The number of nitrogens with one attached hydrogen (secondary N) is 1. The van der Waals surface area contributed by atoms with E-state index in [1.807, 2.05) is 12.1 Å². The van der Waals surface area contributed by atoms with Gasteiger partial charge in [-0.25, -0.2) is 0 Å². The molecule has 6 heteroatoms. The van der Waals surface area contributed by atoms with Gasteiger partial charge in [-0.05, 0) is 24.1 Å². The van der Waals surface area contributed by atoms with Crippen LogP contribution in [-0.4, -0.2) is 14.8 Å². The van der Waals surface area contributed by atoms with Gasteiger partial charge in [-0.15, -0.1) is 10.2 Å². The van der Waals surface area contributed by atoms with Crippen LogP contribution in [0, 0.1) is 0 Å². The predicted octanol–water partition coefficient (Wildman–Crippen LogP) is 2.82. The van der Waals surface area contributed by atoms with Crippen molar-refractivity contribution in [1.82, 2.24) is 20.1 Å². The first-order valence-electron chi connectivity index (χ1n) is 6.29. The van der Waals surface area contributed by atoms with Gasteiger partial charge in [-0.1, -0.05) is 29.3 Å². The summed E-state index contributed by atoms with van der Waals surface area (Å²) >= 11 is 12.0. The lowest BCUT2D eigenvalue weighted by Gasteiger charge is -2.07. The van der Waals surface area contributed by atoms with Gasteiger partial charge in [-0.3, -0.25) is 0 Å². The molecule has 0 atom stereocenters. The van der Waals surface area contributed by atoms with Gasteiger partial charge in [0.25, 0.3) is 0 Å². The Hall–Kier alpha value is -1.10. The van der Waals surface area contributed by atoms with E-state index in [0.29, 0.717) is 23.1 Å². The summed E-state index contributed by atoms with van der Waals surface area (Å²) < 4.78 is 2.19. The Labute approximate surface area is 121 Å². The van der Waals surface area contributed by atoms with Gasteiger partial charge < -0.3 is 9.88 Å². The van der Waals surface area contributed by atoms with Crippen LogP contribution in [0.4, 0.5) is 0 Å². The normalized spacial score (nSPS) is 13.8. The Balaban J connectivity index is 1.61. The number of nitrogens with zero attached hydrogens (tertiary/aromatic N) is 3. The zero-order valence-corrected chi connectivity index (χ0v) is 11.9. The fourth-order valence-corrected chi connectivity index (χ4v) is 2.79. The lowest BCUT2D eigenvalue weighted by Crippen LogP contribution is -2.16. The summed E-state index contributed by atoms with van der Waals surface area (Å²) in [6.07, 6.45) is 2.21. The first-order chi connectivity index (χ1) is 9.24. The molecule has 0 unspecified atom stereocenters. The highest BCUT2D eigenvalue weighted by molar-refractivity contribution is 6.35. The van der Waals surface area contributed by atoms with E-state index in [4.69, 9.17) is 23.2 Å². The van der Waals surface area contributed by atoms with E-state index in [1.54, 1.807) is 6.07 Å². The maximum Gasteiger partial charge on any atom is 0.147 e. The van der Waals surface area contributed by atoms with Gasteiger partial charge in [0.1, 0.15) is 11.6 Å². The molecule has 0 aliphatic carbocycles. The molecule has 0 fully saturated rings. The molecule has 3 rings (SSSR count). The Morgan fingerprint density at radius 1 is 1.21 bits per heavy atom. The minimum Gasteiger partial charge on any atom is -0.314 e. The van der Waals surface area contributed by atoms with Crippen LogP contribution < -0.4 is 5.32 Å². The Kier molecular flexibility index (Phi) is 3.73. The van der Waals surface area contributed by atoms with Crippen LogP contribution in [0.15, 0.2) is 18.2 Å². The summed E-state index contributed by atoms with van der Waals surface area (Å²) in [5.74, 6) is 2.10. The number of aromatic nitrogens is 3. The van der Waals surface area contributed by atoms with Crippen molar-refractivity contribution in [3.05, 3.63) is 45.5 Å². The third-order valence-corrected chi connectivity index (χ3v) is 3.89. The van der Waals surface area contributed by atoms with Crippen molar-refractivity contribution in [3.8, 4) is 0 Å². The lowest BCUT2D eigenvalue weighted by molar-refractivity contribution is 0.610. The van der Waals surface area contributed by atoms with E-state index in [-0.39, 0.29) is 0 Å². The molecule has 0 amide bonds. The smallest absolute Gasteiger partial charge is 0.147 e. The minimum absolute atomic E-state index is 0.657. The van der Waals surface area contributed by atoms with Crippen molar-refractivity contribution in [2.24, 2.45) is 0 Å². The quantitative estimate of drug-likeness (QED) is 0.943. The van der Waals surface area contributed by atoms with E-state index >= 15 is 0 Å². The molecule has 1 aromatic carbocycles. The van der Waals surface area contributed by atoms with Gasteiger partial charge in [0.15, 0.2) is 0 Å². The van der Waals surface area contributed by atoms with Crippen molar-refractivity contribution in [2.45, 2.75) is 32.5 Å². The summed E-state index contributed by atoms with van der Waals surface area (Å²) in [5.41, 5.74) is 1.03. The molecule has 1 aromatic heterocycles. The predicted molar refractivity (Wildman–Crippen MR) is 75.3 cm³/mol. The van der Waals surface area contributed by atoms with E-state index in [9.17, 15) is 0 Å².